The average molecular weight is 428 g/mol. The Hall–Kier alpha value is -3.60. The molecule has 1 heterocycles. The van der Waals surface area contributed by atoms with Crippen LogP contribution in [0.25, 0.3) is 0 Å². The number of carbonyl (C=O) groups excluding carboxylic acids is 2. The fraction of sp³-hybridized carbons (Fsp3) is 0.259. The van der Waals surface area contributed by atoms with Crippen molar-refractivity contribution >= 4 is 11.8 Å². The summed E-state index contributed by atoms with van der Waals surface area (Å²) in [6.45, 7) is 1.98. The number of benzene rings is 3. The summed E-state index contributed by atoms with van der Waals surface area (Å²) in [7, 11) is 1.62. The minimum Gasteiger partial charge on any atom is -0.493 e. The lowest BCUT2D eigenvalue weighted by molar-refractivity contribution is 0.0577. The molecular formula is C27H25NO4. The summed E-state index contributed by atoms with van der Waals surface area (Å²) in [6, 6.07) is 20.6. The van der Waals surface area contributed by atoms with Gasteiger partial charge in [-0.2, -0.15) is 0 Å². The van der Waals surface area contributed by atoms with Crippen molar-refractivity contribution in [3.05, 3.63) is 94.5 Å². The van der Waals surface area contributed by atoms with Crippen molar-refractivity contribution < 1.29 is 19.1 Å². The Morgan fingerprint density at radius 3 is 2.31 bits per heavy atom. The summed E-state index contributed by atoms with van der Waals surface area (Å²) in [5, 5.41) is 0. The molecule has 0 saturated heterocycles. The van der Waals surface area contributed by atoms with Gasteiger partial charge in [0.1, 0.15) is 6.10 Å². The van der Waals surface area contributed by atoms with Crippen LogP contribution in [0.5, 0.6) is 11.5 Å². The summed E-state index contributed by atoms with van der Waals surface area (Å²) < 4.78 is 12.0. The zero-order valence-corrected chi connectivity index (χ0v) is 18.2. The second-order valence-corrected chi connectivity index (χ2v) is 8.20. The summed E-state index contributed by atoms with van der Waals surface area (Å²) in [4.78, 5) is 27.5. The molecular weight excluding hydrogens is 402 g/mol. The maximum Gasteiger partial charge on any atom is 0.262 e. The number of nitrogens with zero attached hydrogens (tertiary/aromatic N) is 1. The van der Waals surface area contributed by atoms with E-state index in [0.717, 1.165) is 18.4 Å². The molecule has 2 unspecified atom stereocenters. The van der Waals surface area contributed by atoms with Gasteiger partial charge < -0.3 is 9.47 Å². The highest BCUT2D eigenvalue weighted by Gasteiger charge is 2.40. The SMILES string of the molecule is CCC(c1ccc(OC)c(OC2CCc3ccccc32)c1)N1C(=O)c2ccccc2C1=O. The Balaban J connectivity index is 1.48. The van der Waals surface area contributed by atoms with E-state index in [1.165, 1.54) is 16.0 Å². The molecule has 0 saturated carbocycles. The first kappa shape index (κ1) is 20.3. The third-order valence-electron chi connectivity index (χ3n) is 6.44. The monoisotopic (exact) mass is 427 g/mol. The van der Waals surface area contributed by atoms with Gasteiger partial charge in [0, 0.05) is 0 Å². The molecule has 0 bridgehead atoms. The number of hydrogen-bond donors (Lipinski definition) is 0. The van der Waals surface area contributed by atoms with Gasteiger partial charge in [0.15, 0.2) is 11.5 Å². The molecule has 0 N–H and O–H groups in total. The van der Waals surface area contributed by atoms with E-state index >= 15 is 0 Å². The van der Waals surface area contributed by atoms with Gasteiger partial charge >= 0.3 is 0 Å². The van der Waals surface area contributed by atoms with Crippen LogP contribution in [0.4, 0.5) is 0 Å². The molecule has 32 heavy (non-hydrogen) atoms. The Kier molecular flexibility index (Phi) is 5.17. The molecule has 162 valence electrons. The molecule has 3 aromatic rings. The lowest BCUT2D eigenvalue weighted by Crippen LogP contribution is -2.33. The van der Waals surface area contributed by atoms with Crippen LogP contribution in [-0.4, -0.2) is 23.8 Å². The van der Waals surface area contributed by atoms with Gasteiger partial charge in [-0.3, -0.25) is 14.5 Å². The number of amides is 2. The number of imide groups is 1. The zero-order chi connectivity index (χ0) is 22.2. The van der Waals surface area contributed by atoms with E-state index in [4.69, 9.17) is 9.47 Å². The third-order valence-corrected chi connectivity index (χ3v) is 6.44. The highest BCUT2D eigenvalue weighted by Crippen LogP contribution is 2.41. The maximum atomic E-state index is 13.1. The lowest BCUT2D eigenvalue weighted by atomic mass is 10.0. The number of ether oxygens (including phenoxy) is 2. The van der Waals surface area contributed by atoms with E-state index in [-0.39, 0.29) is 24.0 Å². The number of aryl methyl sites for hydroxylation is 1. The fourth-order valence-electron chi connectivity index (χ4n) is 4.84. The topological polar surface area (TPSA) is 55.8 Å². The van der Waals surface area contributed by atoms with Gasteiger partial charge in [0.05, 0.1) is 24.3 Å². The number of carbonyl (C=O) groups is 2. The smallest absolute Gasteiger partial charge is 0.262 e. The van der Waals surface area contributed by atoms with Crippen molar-refractivity contribution in [3.8, 4) is 11.5 Å². The van der Waals surface area contributed by atoms with Gasteiger partial charge in [0.25, 0.3) is 11.8 Å². The molecule has 2 atom stereocenters. The molecule has 1 aliphatic heterocycles. The van der Waals surface area contributed by atoms with Crippen LogP contribution >= 0.6 is 0 Å². The largest absolute Gasteiger partial charge is 0.493 e. The molecule has 1 aliphatic carbocycles. The molecule has 0 radical (unpaired) electrons. The first-order valence-corrected chi connectivity index (χ1v) is 11.0. The van der Waals surface area contributed by atoms with Crippen LogP contribution in [0.1, 0.15) is 69.3 Å². The van der Waals surface area contributed by atoms with Gasteiger partial charge in [-0.25, -0.2) is 0 Å². The molecule has 5 nitrogen and oxygen atoms in total. The fourth-order valence-corrected chi connectivity index (χ4v) is 4.84. The van der Waals surface area contributed by atoms with E-state index in [2.05, 4.69) is 18.2 Å². The standard InChI is InChI=1S/C27H25NO4/c1-3-22(28-26(29)20-10-6-7-11-21(20)27(28)30)18-13-15-24(31-2)25(16-18)32-23-14-12-17-8-4-5-9-19(17)23/h4-11,13,15-16,22-23H,3,12,14H2,1-2H3. The van der Waals surface area contributed by atoms with Gasteiger partial charge in [-0.05, 0) is 60.2 Å². The molecule has 3 aromatic carbocycles. The second kappa shape index (κ2) is 8.15. The van der Waals surface area contributed by atoms with Crippen molar-refractivity contribution in [1.29, 1.82) is 0 Å². The van der Waals surface area contributed by atoms with E-state index in [9.17, 15) is 9.59 Å². The highest BCUT2D eigenvalue weighted by atomic mass is 16.5. The second-order valence-electron chi connectivity index (χ2n) is 8.20. The van der Waals surface area contributed by atoms with Gasteiger partial charge in [-0.15, -0.1) is 0 Å². The minimum absolute atomic E-state index is 0.0465. The molecule has 2 amide bonds. The predicted molar refractivity (Wildman–Crippen MR) is 121 cm³/mol. The highest BCUT2D eigenvalue weighted by molar-refractivity contribution is 6.21. The van der Waals surface area contributed by atoms with Crippen LogP contribution in [0, 0.1) is 0 Å². The van der Waals surface area contributed by atoms with Crippen LogP contribution in [0.15, 0.2) is 66.7 Å². The first-order valence-electron chi connectivity index (χ1n) is 11.0. The van der Waals surface area contributed by atoms with E-state index in [1.807, 2.05) is 31.2 Å². The minimum atomic E-state index is -0.383. The average Bonchev–Trinajstić information content (AvgIpc) is 3.34. The Morgan fingerprint density at radius 2 is 1.62 bits per heavy atom. The van der Waals surface area contributed by atoms with Crippen molar-refractivity contribution in [2.45, 2.75) is 38.3 Å². The van der Waals surface area contributed by atoms with Crippen molar-refractivity contribution in [2.75, 3.05) is 7.11 Å². The summed E-state index contributed by atoms with van der Waals surface area (Å²) in [5.74, 6) is 0.762. The predicted octanol–water partition coefficient (Wildman–Crippen LogP) is 5.51. The van der Waals surface area contributed by atoms with Crippen molar-refractivity contribution in [2.24, 2.45) is 0 Å². The van der Waals surface area contributed by atoms with Crippen LogP contribution < -0.4 is 9.47 Å². The van der Waals surface area contributed by atoms with Gasteiger partial charge in [0.2, 0.25) is 0 Å². The molecule has 2 aliphatic rings. The molecule has 0 fully saturated rings. The number of hydrogen-bond acceptors (Lipinski definition) is 4. The molecule has 5 rings (SSSR count). The number of methoxy groups -OCH3 is 1. The number of rotatable bonds is 6. The van der Waals surface area contributed by atoms with Crippen LogP contribution in [0.2, 0.25) is 0 Å². The first-order chi connectivity index (χ1) is 15.6. The van der Waals surface area contributed by atoms with E-state index < -0.39 is 0 Å². The van der Waals surface area contributed by atoms with Gasteiger partial charge in [-0.1, -0.05) is 49.4 Å². The molecule has 5 heteroatoms. The lowest BCUT2D eigenvalue weighted by Gasteiger charge is -2.27. The molecule has 0 spiro atoms. The van der Waals surface area contributed by atoms with Crippen molar-refractivity contribution in [1.82, 2.24) is 4.90 Å². The Morgan fingerprint density at radius 1 is 0.938 bits per heavy atom. The maximum absolute atomic E-state index is 13.1. The molecule has 0 aromatic heterocycles. The quantitative estimate of drug-likeness (QED) is 0.487. The normalized spacial score (nSPS) is 17.8. The Labute approximate surface area is 187 Å². The van der Waals surface area contributed by atoms with E-state index in [0.29, 0.717) is 29.0 Å². The summed E-state index contributed by atoms with van der Waals surface area (Å²) >= 11 is 0. The van der Waals surface area contributed by atoms with Crippen LogP contribution in [0.3, 0.4) is 0 Å². The van der Waals surface area contributed by atoms with E-state index in [1.54, 1.807) is 31.4 Å². The summed E-state index contributed by atoms with van der Waals surface area (Å²) in [6.07, 6.45) is 2.44. The number of fused-ring (bicyclic) bond motifs is 2. The van der Waals surface area contributed by atoms with Crippen molar-refractivity contribution in [3.63, 3.8) is 0 Å². The Bertz CT molecular complexity index is 1170. The zero-order valence-electron chi connectivity index (χ0n) is 18.2. The third kappa shape index (κ3) is 3.25. The summed E-state index contributed by atoms with van der Waals surface area (Å²) in [5.41, 5.74) is 4.29. The van der Waals surface area contributed by atoms with Crippen LogP contribution in [-0.2, 0) is 6.42 Å².